The molecule has 1 aromatic carbocycles. The van der Waals surface area contributed by atoms with Gasteiger partial charge in [0.1, 0.15) is 17.8 Å². The molecule has 0 saturated heterocycles. The van der Waals surface area contributed by atoms with Crippen LogP contribution in [0.3, 0.4) is 0 Å². The number of amides is 1. The molecule has 0 radical (unpaired) electrons. The molecule has 0 aromatic heterocycles. The van der Waals surface area contributed by atoms with Crippen molar-refractivity contribution in [2.45, 2.75) is 30.6 Å². The summed E-state index contributed by atoms with van der Waals surface area (Å²) in [5, 5.41) is 33.5. The van der Waals surface area contributed by atoms with Gasteiger partial charge in [0, 0.05) is 38.2 Å². The molecule has 3 aliphatic carbocycles. The molecule has 36 heavy (non-hydrogen) atoms. The number of phenolic OH excluding ortho intramolecular Hbond substituents is 1. The second-order valence-corrected chi connectivity index (χ2v) is 10.8. The van der Waals surface area contributed by atoms with Gasteiger partial charge in [-0.15, -0.1) is 0 Å². The van der Waals surface area contributed by atoms with Crippen molar-refractivity contribution < 1.29 is 39.2 Å². The van der Waals surface area contributed by atoms with Gasteiger partial charge in [-0.2, -0.15) is 0 Å². The number of ether oxygens (including phenoxy) is 1. The van der Waals surface area contributed by atoms with Crippen molar-refractivity contribution in [2.24, 2.45) is 28.9 Å². The van der Waals surface area contributed by atoms with Crippen LogP contribution in [0.5, 0.6) is 5.75 Å². The molecule has 1 amide bonds. The highest BCUT2D eigenvalue weighted by molar-refractivity contribution is 6.19. The molecule has 0 aliphatic heterocycles. The Morgan fingerprint density at radius 2 is 1.83 bits per heavy atom. The third-order valence-corrected chi connectivity index (χ3v) is 8.29. The number of benzene rings is 1. The molecule has 0 bridgehead atoms. The Hall–Kier alpha value is -2.86. The lowest BCUT2D eigenvalue weighted by atomic mass is 9.46. The minimum Gasteiger partial charge on any atom is -0.507 e. The Balaban J connectivity index is 1.98. The molecule has 1 aromatic rings. The number of hydrogen-bond acceptors (Lipinski definition) is 10. The number of aliphatic hydroxyl groups excluding tert-OH is 1. The molecule has 0 spiro atoms. The first kappa shape index (κ1) is 26.2. The molecule has 4 rings (SSSR count). The largest absolute Gasteiger partial charge is 0.507 e. The second-order valence-electron chi connectivity index (χ2n) is 10.8. The summed E-state index contributed by atoms with van der Waals surface area (Å²) in [5.74, 6) is -8.30. The van der Waals surface area contributed by atoms with E-state index in [4.69, 9.17) is 10.5 Å². The zero-order chi connectivity index (χ0) is 26.9. The number of ketones is 3. The zero-order valence-corrected chi connectivity index (χ0v) is 21.0. The van der Waals surface area contributed by atoms with Gasteiger partial charge in [-0.25, -0.2) is 0 Å². The van der Waals surface area contributed by atoms with Crippen molar-refractivity contribution in [3.8, 4) is 5.75 Å². The van der Waals surface area contributed by atoms with E-state index in [0.29, 0.717) is 11.3 Å². The molecule has 7 atom stereocenters. The van der Waals surface area contributed by atoms with E-state index < -0.39 is 64.2 Å². The molecule has 11 heteroatoms. The average Bonchev–Trinajstić information content (AvgIpc) is 2.76. The number of primary amides is 1. The number of aromatic hydroxyl groups is 1. The molecule has 2 saturated carbocycles. The summed E-state index contributed by atoms with van der Waals surface area (Å²) >= 11 is 0. The number of hydrogen-bond donors (Lipinski definition) is 4. The summed E-state index contributed by atoms with van der Waals surface area (Å²) in [4.78, 5) is 56.9. The van der Waals surface area contributed by atoms with Gasteiger partial charge in [0.25, 0.3) is 0 Å². The van der Waals surface area contributed by atoms with Crippen LogP contribution in [-0.2, 0) is 25.5 Å². The van der Waals surface area contributed by atoms with E-state index in [0.717, 1.165) is 0 Å². The topological polar surface area (TPSA) is 171 Å². The van der Waals surface area contributed by atoms with Crippen molar-refractivity contribution in [3.05, 3.63) is 23.3 Å². The van der Waals surface area contributed by atoms with Crippen LogP contribution in [0.25, 0.3) is 0 Å². The Labute approximate surface area is 208 Å². The summed E-state index contributed by atoms with van der Waals surface area (Å²) in [5.41, 5.74) is 2.85. The second kappa shape index (κ2) is 8.62. The predicted octanol–water partition coefficient (Wildman–Crippen LogP) is -1.26. The van der Waals surface area contributed by atoms with Crippen LogP contribution in [0.2, 0.25) is 0 Å². The number of aliphatic hydroxyl groups is 2. The van der Waals surface area contributed by atoms with E-state index in [2.05, 4.69) is 0 Å². The molecule has 2 fully saturated rings. The van der Waals surface area contributed by atoms with Crippen molar-refractivity contribution in [1.82, 2.24) is 4.90 Å². The Morgan fingerprint density at radius 1 is 1.19 bits per heavy atom. The molecular formula is C25H33N3O8. The maximum absolute atomic E-state index is 14.1. The number of likely N-dealkylation sites (N-methyl/N-ethyl adjacent to an activating group) is 1. The fraction of sp³-hybridized carbons (Fsp3) is 0.600. The number of rotatable bonds is 5. The van der Waals surface area contributed by atoms with E-state index in [1.165, 1.54) is 18.1 Å². The molecule has 5 N–H and O–H groups in total. The van der Waals surface area contributed by atoms with Crippen molar-refractivity contribution in [3.63, 3.8) is 0 Å². The highest BCUT2D eigenvalue weighted by Gasteiger charge is 2.72. The average molecular weight is 504 g/mol. The summed E-state index contributed by atoms with van der Waals surface area (Å²) < 4.78 is 5.51. The fourth-order valence-corrected chi connectivity index (χ4v) is 6.87. The lowest BCUT2D eigenvalue weighted by Gasteiger charge is -2.59. The molecule has 0 heterocycles. The number of nitrogens with two attached hydrogens (primary N) is 1. The normalized spacial score (nSPS) is 35.8. The van der Waals surface area contributed by atoms with Gasteiger partial charge < -0.3 is 30.7 Å². The summed E-state index contributed by atoms with van der Waals surface area (Å²) in [6, 6.07) is 1.93. The van der Waals surface area contributed by atoms with Crippen LogP contribution in [0.1, 0.15) is 22.3 Å². The molecule has 3 aliphatic rings. The van der Waals surface area contributed by atoms with Crippen LogP contribution in [0, 0.1) is 23.2 Å². The summed E-state index contributed by atoms with van der Waals surface area (Å²) in [6.07, 6.45) is -2.00. The van der Waals surface area contributed by atoms with Crippen LogP contribution >= 0.6 is 0 Å². The summed E-state index contributed by atoms with van der Waals surface area (Å²) in [7, 11) is 8.15. The van der Waals surface area contributed by atoms with Crippen LogP contribution < -0.4 is 10.6 Å². The van der Waals surface area contributed by atoms with Gasteiger partial charge in [-0.3, -0.25) is 24.1 Å². The number of Topliss-reactive ketones (excluding diaryl/α,β-unsaturated/α-hetero) is 3. The number of methoxy groups -OCH3 is 1. The maximum atomic E-state index is 14.1. The number of carbonyl (C=O) groups is 4. The predicted molar refractivity (Wildman–Crippen MR) is 128 cm³/mol. The van der Waals surface area contributed by atoms with Gasteiger partial charge >= 0.3 is 0 Å². The standard InChI is InChI=1S/C25H33N3O8/c1-27(2)13-6-7-14(29)15-11(13)8-24(10-36-5)9-12-18(28(3)4)20(31)16(23(26)34)21(32)25(12,35)22(33)17(24)19(15)30/h6-7,12,16-18,21,29,32,35H,8-10H2,1-5H3,(H2,26,34)/t12-,16?,17?,18-,21?,24-,25+/m0/s1. The van der Waals surface area contributed by atoms with Crippen molar-refractivity contribution >= 4 is 28.9 Å². The first-order chi connectivity index (χ1) is 16.7. The van der Waals surface area contributed by atoms with E-state index >= 15 is 0 Å². The number of carbonyl (C=O) groups excluding carboxylic acids is 4. The number of nitrogens with zero attached hydrogens (tertiary/aromatic N) is 2. The van der Waals surface area contributed by atoms with Crippen molar-refractivity contribution in [2.75, 3.05) is 46.8 Å². The summed E-state index contributed by atoms with van der Waals surface area (Å²) in [6.45, 7) is -0.0482. The minimum atomic E-state index is -2.59. The number of phenols is 1. The lowest BCUT2D eigenvalue weighted by molar-refractivity contribution is -0.212. The highest BCUT2D eigenvalue weighted by Crippen LogP contribution is 2.58. The minimum absolute atomic E-state index is 0.0229. The van der Waals surface area contributed by atoms with Gasteiger partial charge in [0.05, 0.1) is 24.1 Å². The number of fused-ring (bicyclic) bond motifs is 3. The van der Waals surface area contributed by atoms with Crippen LogP contribution in [0.4, 0.5) is 5.69 Å². The zero-order valence-electron chi connectivity index (χ0n) is 21.0. The highest BCUT2D eigenvalue weighted by atomic mass is 16.5. The lowest BCUT2D eigenvalue weighted by Crippen LogP contribution is -2.77. The quantitative estimate of drug-likeness (QED) is 0.356. The molecule has 196 valence electrons. The van der Waals surface area contributed by atoms with E-state index in [1.54, 1.807) is 39.2 Å². The first-order valence-corrected chi connectivity index (χ1v) is 11.7. The van der Waals surface area contributed by atoms with Gasteiger partial charge in [-0.1, -0.05) is 0 Å². The molecule has 11 nitrogen and oxygen atoms in total. The number of anilines is 1. The Bertz CT molecular complexity index is 1150. The van der Waals surface area contributed by atoms with Crippen molar-refractivity contribution in [1.29, 1.82) is 0 Å². The molecular weight excluding hydrogens is 470 g/mol. The fourth-order valence-electron chi connectivity index (χ4n) is 6.87. The first-order valence-electron chi connectivity index (χ1n) is 11.7. The Kier molecular flexibility index (Phi) is 6.27. The van der Waals surface area contributed by atoms with Gasteiger partial charge in [0.15, 0.2) is 23.0 Å². The smallest absolute Gasteiger partial charge is 0.230 e. The third-order valence-electron chi connectivity index (χ3n) is 8.29. The van der Waals surface area contributed by atoms with E-state index in [1.807, 2.05) is 0 Å². The Morgan fingerprint density at radius 3 is 2.36 bits per heavy atom. The molecule has 3 unspecified atom stereocenters. The SMILES string of the molecule is COC[C@@]12Cc3c(N(C)C)ccc(O)c3C(=O)C1C(=O)[C@]1(O)C(O)C(C(N)=O)C(=O)[C@@H](N(C)C)[C@@H]1C2. The van der Waals surface area contributed by atoms with Gasteiger partial charge in [0.2, 0.25) is 5.91 Å². The van der Waals surface area contributed by atoms with E-state index in [9.17, 15) is 34.5 Å². The monoisotopic (exact) mass is 503 g/mol. The third kappa shape index (κ3) is 3.33. The maximum Gasteiger partial charge on any atom is 0.230 e. The van der Waals surface area contributed by atoms with E-state index in [-0.39, 0.29) is 30.8 Å². The van der Waals surface area contributed by atoms with Gasteiger partial charge in [-0.05, 0) is 44.6 Å². The van der Waals surface area contributed by atoms with Crippen LogP contribution in [-0.4, -0.2) is 103 Å². The van der Waals surface area contributed by atoms with Crippen LogP contribution in [0.15, 0.2) is 12.1 Å².